The second-order valence-corrected chi connectivity index (χ2v) is 5.43. The lowest BCUT2D eigenvalue weighted by molar-refractivity contribution is -0.132. The van der Waals surface area contributed by atoms with Gasteiger partial charge in [0.1, 0.15) is 0 Å². The van der Waals surface area contributed by atoms with Crippen molar-refractivity contribution in [1.29, 1.82) is 0 Å². The summed E-state index contributed by atoms with van der Waals surface area (Å²) in [5.74, 6) is 0.717. The van der Waals surface area contributed by atoms with Crippen molar-refractivity contribution in [3.8, 4) is 0 Å². The van der Waals surface area contributed by atoms with Gasteiger partial charge in [0.2, 0.25) is 5.91 Å². The van der Waals surface area contributed by atoms with Crippen LogP contribution in [0.2, 0.25) is 0 Å². The molecule has 0 radical (unpaired) electrons. The number of rotatable bonds is 2. The van der Waals surface area contributed by atoms with E-state index in [-0.39, 0.29) is 11.9 Å². The van der Waals surface area contributed by atoms with E-state index in [9.17, 15) is 4.79 Å². The first kappa shape index (κ1) is 13.1. The highest BCUT2D eigenvalue weighted by Crippen LogP contribution is 2.16. The Morgan fingerprint density at radius 1 is 1.39 bits per heavy atom. The van der Waals surface area contributed by atoms with Gasteiger partial charge in [-0.3, -0.25) is 4.79 Å². The molecule has 18 heavy (non-hydrogen) atoms. The van der Waals surface area contributed by atoms with Crippen LogP contribution in [0.1, 0.15) is 24.5 Å². The van der Waals surface area contributed by atoms with Gasteiger partial charge in [0.05, 0.1) is 6.42 Å². The molecule has 1 aliphatic rings. The fraction of sp³-hybridized carbons (Fsp3) is 0.533. The van der Waals surface area contributed by atoms with Crippen LogP contribution in [0.5, 0.6) is 0 Å². The van der Waals surface area contributed by atoms with E-state index in [1.54, 1.807) is 0 Å². The van der Waals surface area contributed by atoms with E-state index in [4.69, 9.17) is 5.73 Å². The highest BCUT2D eigenvalue weighted by molar-refractivity contribution is 5.79. The first-order chi connectivity index (χ1) is 8.56. The highest BCUT2D eigenvalue weighted by Gasteiger charge is 2.25. The van der Waals surface area contributed by atoms with Crippen LogP contribution >= 0.6 is 0 Å². The van der Waals surface area contributed by atoms with Crippen LogP contribution < -0.4 is 5.73 Å². The minimum Gasteiger partial charge on any atom is -0.341 e. The third kappa shape index (κ3) is 3.10. The molecule has 0 saturated carbocycles. The molecule has 0 bridgehead atoms. The molecule has 1 fully saturated rings. The van der Waals surface area contributed by atoms with E-state index in [1.807, 2.05) is 29.2 Å². The molecule has 2 rings (SSSR count). The maximum atomic E-state index is 12.2. The van der Waals surface area contributed by atoms with Gasteiger partial charge < -0.3 is 10.6 Å². The van der Waals surface area contributed by atoms with Crippen LogP contribution in [0.15, 0.2) is 24.3 Å². The number of piperidine rings is 1. The number of aryl methyl sites for hydroxylation is 1. The van der Waals surface area contributed by atoms with Gasteiger partial charge in [0.25, 0.3) is 0 Å². The summed E-state index contributed by atoms with van der Waals surface area (Å²) in [6.45, 7) is 5.76. The van der Waals surface area contributed by atoms with Crippen molar-refractivity contribution in [1.82, 2.24) is 4.90 Å². The third-order valence-electron chi connectivity index (χ3n) is 3.85. The fourth-order valence-electron chi connectivity index (χ4n) is 2.32. The van der Waals surface area contributed by atoms with Crippen molar-refractivity contribution < 1.29 is 4.79 Å². The largest absolute Gasteiger partial charge is 0.341 e. The van der Waals surface area contributed by atoms with Crippen molar-refractivity contribution in [3.63, 3.8) is 0 Å². The number of carbonyl (C=O) groups excluding carboxylic acids is 1. The Hall–Kier alpha value is -1.35. The summed E-state index contributed by atoms with van der Waals surface area (Å²) in [4.78, 5) is 14.1. The lowest BCUT2D eigenvalue weighted by Gasteiger charge is -2.35. The number of hydrogen-bond donors (Lipinski definition) is 1. The van der Waals surface area contributed by atoms with E-state index in [1.165, 1.54) is 5.56 Å². The lowest BCUT2D eigenvalue weighted by Crippen LogP contribution is -2.50. The minimum absolute atomic E-state index is 0.126. The first-order valence-corrected chi connectivity index (χ1v) is 6.65. The molecule has 1 heterocycles. The number of nitrogens with two attached hydrogens (primary N) is 1. The molecule has 1 amide bonds. The minimum atomic E-state index is 0.126. The summed E-state index contributed by atoms with van der Waals surface area (Å²) in [7, 11) is 0. The quantitative estimate of drug-likeness (QED) is 0.864. The Balaban J connectivity index is 1.94. The molecule has 0 spiro atoms. The van der Waals surface area contributed by atoms with Crippen LogP contribution in [0.3, 0.4) is 0 Å². The molecule has 1 aliphatic heterocycles. The van der Waals surface area contributed by atoms with Gasteiger partial charge >= 0.3 is 0 Å². The predicted octanol–water partition coefficient (Wildman–Crippen LogP) is 1.73. The Labute approximate surface area is 109 Å². The van der Waals surface area contributed by atoms with Gasteiger partial charge in [0, 0.05) is 19.1 Å². The zero-order valence-corrected chi connectivity index (χ0v) is 11.2. The number of amides is 1. The average Bonchev–Trinajstić information content (AvgIpc) is 2.35. The molecule has 2 unspecified atom stereocenters. The van der Waals surface area contributed by atoms with Crippen LogP contribution in [-0.4, -0.2) is 29.9 Å². The van der Waals surface area contributed by atoms with E-state index >= 15 is 0 Å². The Kier molecular flexibility index (Phi) is 4.02. The number of nitrogens with zero attached hydrogens (tertiary/aromatic N) is 1. The molecule has 2 atom stereocenters. The highest BCUT2D eigenvalue weighted by atomic mass is 16.2. The lowest BCUT2D eigenvalue weighted by atomic mass is 9.94. The SMILES string of the molecule is Cc1ccc(CC(=O)N2CCC(C)C(N)C2)cc1. The van der Waals surface area contributed by atoms with E-state index in [2.05, 4.69) is 13.8 Å². The number of likely N-dealkylation sites (tertiary alicyclic amines) is 1. The van der Waals surface area contributed by atoms with Crippen LogP contribution in [0.4, 0.5) is 0 Å². The average molecular weight is 246 g/mol. The van der Waals surface area contributed by atoms with Gasteiger partial charge in [0.15, 0.2) is 0 Å². The first-order valence-electron chi connectivity index (χ1n) is 6.65. The summed E-state index contributed by atoms with van der Waals surface area (Å²) >= 11 is 0. The Bertz CT molecular complexity index is 413. The van der Waals surface area contributed by atoms with Crippen LogP contribution in [0.25, 0.3) is 0 Å². The predicted molar refractivity (Wildman–Crippen MR) is 73.2 cm³/mol. The monoisotopic (exact) mass is 246 g/mol. The second-order valence-electron chi connectivity index (χ2n) is 5.43. The number of hydrogen-bond acceptors (Lipinski definition) is 2. The topological polar surface area (TPSA) is 46.3 Å². The zero-order valence-electron chi connectivity index (χ0n) is 11.2. The van der Waals surface area contributed by atoms with Gasteiger partial charge in [-0.2, -0.15) is 0 Å². The molecule has 1 saturated heterocycles. The summed E-state index contributed by atoms with van der Waals surface area (Å²) in [6, 6.07) is 8.28. The zero-order chi connectivity index (χ0) is 13.1. The molecule has 1 aromatic carbocycles. The van der Waals surface area contributed by atoms with Gasteiger partial charge in [-0.25, -0.2) is 0 Å². The van der Waals surface area contributed by atoms with Crippen LogP contribution in [0, 0.1) is 12.8 Å². The standard InChI is InChI=1S/C15H22N2O/c1-11-3-5-13(6-4-11)9-15(18)17-8-7-12(2)14(16)10-17/h3-6,12,14H,7-10,16H2,1-2H3. The number of benzene rings is 1. The summed E-state index contributed by atoms with van der Waals surface area (Å²) in [5, 5.41) is 0. The van der Waals surface area contributed by atoms with E-state index < -0.39 is 0 Å². The molecule has 2 N–H and O–H groups in total. The van der Waals surface area contributed by atoms with Crippen molar-refractivity contribution in [2.24, 2.45) is 11.7 Å². The van der Waals surface area contributed by atoms with Crippen molar-refractivity contribution >= 4 is 5.91 Å². The fourth-order valence-corrected chi connectivity index (χ4v) is 2.32. The van der Waals surface area contributed by atoms with Gasteiger partial charge in [-0.05, 0) is 24.8 Å². The summed E-state index contributed by atoms with van der Waals surface area (Å²) in [6.07, 6.45) is 1.50. The molecular weight excluding hydrogens is 224 g/mol. The van der Waals surface area contributed by atoms with E-state index in [0.29, 0.717) is 18.9 Å². The van der Waals surface area contributed by atoms with Crippen molar-refractivity contribution in [2.45, 2.75) is 32.7 Å². The third-order valence-corrected chi connectivity index (χ3v) is 3.85. The summed E-state index contributed by atoms with van der Waals surface area (Å²) < 4.78 is 0. The number of carbonyl (C=O) groups is 1. The molecular formula is C15H22N2O. The molecule has 1 aromatic rings. The summed E-state index contributed by atoms with van der Waals surface area (Å²) in [5.41, 5.74) is 8.33. The maximum absolute atomic E-state index is 12.2. The Morgan fingerprint density at radius 2 is 2.06 bits per heavy atom. The smallest absolute Gasteiger partial charge is 0.227 e. The molecule has 3 heteroatoms. The van der Waals surface area contributed by atoms with Gasteiger partial charge in [-0.15, -0.1) is 0 Å². The van der Waals surface area contributed by atoms with E-state index in [0.717, 1.165) is 18.5 Å². The normalized spacial score (nSPS) is 24.1. The van der Waals surface area contributed by atoms with Crippen LogP contribution in [-0.2, 0) is 11.2 Å². The van der Waals surface area contributed by atoms with Gasteiger partial charge in [-0.1, -0.05) is 36.8 Å². The molecule has 0 aliphatic carbocycles. The maximum Gasteiger partial charge on any atom is 0.227 e. The molecule has 0 aromatic heterocycles. The Morgan fingerprint density at radius 3 is 2.67 bits per heavy atom. The van der Waals surface area contributed by atoms with Crippen molar-refractivity contribution in [2.75, 3.05) is 13.1 Å². The second kappa shape index (κ2) is 5.53. The van der Waals surface area contributed by atoms with Crippen molar-refractivity contribution in [3.05, 3.63) is 35.4 Å². The molecule has 3 nitrogen and oxygen atoms in total. The molecule has 98 valence electrons.